The number of ether oxygens (including phenoxy) is 7. The highest BCUT2D eigenvalue weighted by molar-refractivity contribution is 5.80. The Balaban J connectivity index is 1.42. The van der Waals surface area contributed by atoms with Crippen LogP contribution >= 0.6 is 0 Å². The summed E-state index contributed by atoms with van der Waals surface area (Å²) >= 11 is 0. The molecule has 0 spiro atoms. The van der Waals surface area contributed by atoms with Crippen LogP contribution in [0.4, 0.5) is 0 Å². The summed E-state index contributed by atoms with van der Waals surface area (Å²) in [4.78, 5) is 26.7. The van der Waals surface area contributed by atoms with Crippen LogP contribution < -0.4 is 10.6 Å². The van der Waals surface area contributed by atoms with Gasteiger partial charge in [-0.15, -0.1) is 0 Å². The molecule has 0 saturated carbocycles. The zero-order valence-corrected chi connectivity index (χ0v) is 52.0. The summed E-state index contributed by atoms with van der Waals surface area (Å²) in [5, 5.41) is 212. The average Bonchev–Trinajstić information content (AvgIpc) is 0.835. The Morgan fingerprint density at radius 1 is 0.630 bits per heavy atom. The average molecular weight is 1320 g/mol. The number of allylic oxidation sites excluding steroid dienone is 12. The van der Waals surface area contributed by atoms with Gasteiger partial charge in [-0.05, 0) is 33.1 Å². The number of rotatable bonds is 12. The Bertz CT molecular complexity index is 2430. The van der Waals surface area contributed by atoms with Crippen molar-refractivity contribution in [2.75, 3.05) is 32.9 Å². The van der Waals surface area contributed by atoms with E-state index in [1.807, 2.05) is 0 Å². The molecule has 5 rings (SSSR count). The minimum Gasteiger partial charge on any atom is -0.462 e. The van der Waals surface area contributed by atoms with Crippen LogP contribution in [0.25, 0.3) is 0 Å². The molecule has 5 unspecified atom stereocenters. The second kappa shape index (κ2) is 37.6. The quantitative estimate of drug-likeness (QED) is 0.0810. The van der Waals surface area contributed by atoms with Crippen molar-refractivity contribution in [1.82, 2.24) is 10.6 Å². The lowest BCUT2D eigenvalue weighted by Gasteiger charge is -2.48. The molecule has 29 atom stereocenters. The van der Waals surface area contributed by atoms with Crippen LogP contribution in [0, 0.1) is 17.8 Å². The molecule has 30 nitrogen and oxygen atoms in total. The first-order valence-electron chi connectivity index (χ1n) is 31.1. The summed E-state index contributed by atoms with van der Waals surface area (Å²) in [5.41, 5.74) is 0. The summed E-state index contributed by atoms with van der Waals surface area (Å²) in [6, 6.07) is -1.51. The molecule has 0 aromatic carbocycles. The standard InChI is InChI=1S/C62H100N2O28/c1-32-17-15-13-11-9-7-5-6-8-10-12-14-16-18-40(89-59-53(79)49(51(77)35(4)88-59)64-31-62(85)57(82)56(44(74)30-86-62)91-60-55(81)54(80)52(78)46(29-66)90-60)24-45-48(58(83)63-27-39(70)28-65)43(73)26-61(84,92-45)25-38(69)22-42(72)41(71)20-19-36(67)21-37(68)23-47(75)87-34(3)33(2)50(32)76/h5-18,32-46,48-57,59-60,64-74,76-82,84-85H,19-31H2,1-4H3,(H,63,83)/b6-5+,9-7+,10-8+,13-11+,14-12+,17-15+,18-16+/t32-,33?,34-,35+,36+,37+,38-,39?,40-,41+,42+,43-,44+,45?,46+,48?,49-,50+,51+,52+,53-,54-,55+,56+,57-,59-,60?,61+,62+/m0/s1. The summed E-state index contributed by atoms with van der Waals surface area (Å²) in [6.07, 6.45) is -16.7. The number of aliphatic hydroxyl groups excluding tert-OH is 17. The first kappa shape index (κ1) is 78.8. The first-order chi connectivity index (χ1) is 43.4. The minimum absolute atomic E-state index is 0.179. The van der Waals surface area contributed by atoms with E-state index in [0.29, 0.717) is 0 Å². The van der Waals surface area contributed by atoms with Gasteiger partial charge in [0, 0.05) is 44.1 Å². The molecular weight excluding hydrogens is 1220 g/mol. The van der Waals surface area contributed by atoms with Crippen molar-refractivity contribution in [3.63, 3.8) is 0 Å². The molecule has 92 heavy (non-hydrogen) atoms. The lowest BCUT2D eigenvalue weighted by molar-refractivity contribution is -0.368. The number of hydrogen-bond donors (Lipinski definition) is 21. The fourth-order valence-corrected chi connectivity index (χ4v) is 11.4. The Labute approximate surface area is 533 Å². The smallest absolute Gasteiger partial charge is 0.308 e. The number of amides is 1. The van der Waals surface area contributed by atoms with Gasteiger partial charge in [-0.2, -0.15) is 0 Å². The van der Waals surface area contributed by atoms with Gasteiger partial charge in [0.2, 0.25) is 11.7 Å². The Morgan fingerprint density at radius 3 is 1.86 bits per heavy atom. The van der Waals surface area contributed by atoms with E-state index in [2.05, 4.69) is 10.6 Å². The van der Waals surface area contributed by atoms with Crippen molar-refractivity contribution >= 4 is 11.9 Å². The molecule has 0 aromatic heterocycles. The third-order valence-electron chi connectivity index (χ3n) is 17.1. The van der Waals surface area contributed by atoms with Crippen LogP contribution in [-0.2, 0) is 42.7 Å². The van der Waals surface area contributed by atoms with Crippen molar-refractivity contribution in [3.05, 3.63) is 85.1 Å². The summed E-state index contributed by atoms with van der Waals surface area (Å²) in [6.45, 7) is 2.91. The zero-order chi connectivity index (χ0) is 68.2. The highest BCUT2D eigenvalue weighted by atomic mass is 16.7. The molecule has 0 radical (unpaired) electrons. The first-order valence-corrected chi connectivity index (χ1v) is 31.1. The number of nitrogens with one attached hydrogen (secondary N) is 2. The van der Waals surface area contributed by atoms with Crippen molar-refractivity contribution in [2.24, 2.45) is 17.8 Å². The van der Waals surface area contributed by atoms with Gasteiger partial charge in [0.1, 0.15) is 54.9 Å². The maximum atomic E-state index is 14.0. The summed E-state index contributed by atoms with van der Waals surface area (Å²) in [5.74, 6) is -9.33. The second-order valence-corrected chi connectivity index (χ2v) is 24.6. The van der Waals surface area contributed by atoms with Crippen LogP contribution in [0.3, 0.4) is 0 Å². The molecule has 5 heterocycles. The van der Waals surface area contributed by atoms with Crippen LogP contribution in [-0.4, -0.2) is 300 Å². The summed E-state index contributed by atoms with van der Waals surface area (Å²) < 4.78 is 40.4. The molecule has 21 N–H and O–H groups in total. The number of carbonyl (C=O) groups excluding carboxylic acids is 2. The van der Waals surface area contributed by atoms with E-state index in [4.69, 9.17) is 33.2 Å². The van der Waals surface area contributed by atoms with E-state index in [-0.39, 0.29) is 25.2 Å². The summed E-state index contributed by atoms with van der Waals surface area (Å²) in [7, 11) is 0. The van der Waals surface area contributed by atoms with Gasteiger partial charge in [-0.3, -0.25) is 9.59 Å². The molecule has 0 aromatic rings. The minimum atomic E-state index is -2.70. The fraction of sp³-hybridized carbons (Fsp3) is 0.742. The second-order valence-electron chi connectivity index (χ2n) is 24.6. The van der Waals surface area contributed by atoms with Crippen molar-refractivity contribution < 1.29 is 140 Å². The molecule has 526 valence electrons. The van der Waals surface area contributed by atoms with Gasteiger partial charge in [-0.1, -0.05) is 98.9 Å². The van der Waals surface area contributed by atoms with Crippen molar-refractivity contribution in [2.45, 2.75) is 237 Å². The lowest BCUT2D eigenvalue weighted by atomic mass is 9.82. The highest BCUT2D eigenvalue weighted by Crippen LogP contribution is 2.39. The van der Waals surface area contributed by atoms with Gasteiger partial charge < -0.3 is 141 Å². The molecule has 5 aliphatic heterocycles. The largest absolute Gasteiger partial charge is 0.462 e. The van der Waals surface area contributed by atoms with Gasteiger partial charge in [0.25, 0.3) is 0 Å². The Morgan fingerprint density at radius 2 is 1.24 bits per heavy atom. The van der Waals surface area contributed by atoms with Crippen LogP contribution in [0.15, 0.2) is 85.1 Å². The normalized spacial score (nSPS) is 46.1. The van der Waals surface area contributed by atoms with E-state index in [1.54, 1.807) is 93.7 Å². The predicted molar refractivity (Wildman–Crippen MR) is 321 cm³/mol. The maximum Gasteiger partial charge on any atom is 0.308 e. The van der Waals surface area contributed by atoms with Gasteiger partial charge in [-0.25, -0.2) is 0 Å². The number of fused-ring (bicyclic) bond motifs is 2. The highest BCUT2D eigenvalue weighted by Gasteiger charge is 2.55. The topological polar surface area (TPSA) is 507 Å². The number of esters is 1. The third kappa shape index (κ3) is 23.1. The molecule has 0 aliphatic carbocycles. The molecule has 4 saturated heterocycles. The predicted octanol–water partition coefficient (Wildman–Crippen LogP) is -5.65. The number of carbonyl (C=O) groups is 2. The van der Waals surface area contributed by atoms with Crippen LogP contribution in [0.5, 0.6) is 0 Å². The zero-order valence-electron chi connectivity index (χ0n) is 52.0. The van der Waals surface area contributed by atoms with Crippen LogP contribution in [0.1, 0.15) is 79.1 Å². The molecule has 4 fully saturated rings. The lowest BCUT2D eigenvalue weighted by Crippen LogP contribution is -2.70. The third-order valence-corrected chi connectivity index (χ3v) is 17.1. The monoisotopic (exact) mass is 1320 g/mol. The molecular formula is C62H100N2O28. The molecule has 5 aliphatic rings. The number of hydrogen-bond acceptors (Lipinski definition) is 29. The van der Waals surface area contributed by atoms with Gasteiger partial charge >= 0.3 is 5.97 Å². The van der Waals surface area contributed by atoms with Gasteiger partial charge in [0.05, 0.1) is 118 Å². The molecule has 2 bridgehead atoms. The van der Waals surface area contributed by atoms with Crippen molar-refractivity contribution in [3.8, 4) is 0 Å². The van der Waals surface area contributed by atoms with E-state index < -0.39 is 247 Å². The van der Waals surface area contributed by atoms with E-state index >= 15 is 0 Å². The molecule has 1 amide bonds. The van der Waals surface area contributed by atoms with E-state index in [1.165, 1.54) is 19.1 Å². The van der Waals surface area contributed by atoms with Crippen LogP contribution in [0.2, 0.25) is 0 Å². The van der Waals surface area contributed by atoms with E-state index in [0.717, 1.165) is 0 Å². The maximum absolute atomic E-state index is 14.0. The molecule has 30 heteroatoms. The number of aliphatic hydroxyl groups is 19. The number of cyclic esters (lactones) is 1. The van der Waals surface area contributed by atoms with Crippen molar-refractivity contribution in [1.29, 1.82) is 0 Å². The Kier molecular flexibility index (Phi) is 32.2. The van der Waals surface area contributed by atoms with E-state index in [9.17, 15) is 107 Å². The SMILES string of the molecule is CC1[C@H](C)OC(=O)C[C@H](O)C[C@H](O)CC[C@@H](O)[C@H](O)C[C@H](O)C[C@]2(O)C[C@H](O)C(C(=O)NCC(O)CO)C(C[C@@H](O[C@@H]3O[C@H](C)[C@@H](O)[C@H](NC[C@@]4(O)OC[C@@H](O)[C@@H](OC5O[C@H](CO)[C@@H](O)[C@H](O)[C@H]5O)[C@@H]4O)[C@@H]3O)/C=C/C=C/C=C/C=C/C=C/C=C/C=C/[C@H](C)[C@H]1O)O2. The Hall–Kier alpha value is -3.92. The fourth-order valence-electron chi connectivity index (χ4n) is 11.4. The van der Waals surface area contributed by atoms with Gasteiger partial charge in [0.15, 0.2) is 18.4 Å².